The van der Waals surface area contributed by atoms with Crippen molar-refractivity contribution in [2.24, 2.45) is 0 Å². The molecule has 3 heterocycles. The number of nitrogen functional groups attached to an aromatic ring is 1. The van der Waals surface area contributed by atoms with E-state index in [1.165, 1.54) is 21.6 Å². The summed E-state index contributed by atoms with van der Waals surface area (Å²) in [6.07, 6.45) is 2.31. The summed E-state index contributed by atoms with van der Waals surface area (Å²) in [5.74, 6) is 0. The SMILES string of the molecule is CN1CCc2sc3nc(N)sc3c2CC1.Cl.Cl. The van der Waals surface area contributed by atoms with E-state index in [-0.39, 0.29) is 24.8 Å². The lowest BCUT2D eigenvalue weighted by atomic mass is 10.2. The van der Waals surface area contributed by atoms with Crippen LogP contribution in [-0.4, -0.2) is 30.0 Å². The van der Waals surface area contributed by atoms with Crippen LogP contribution in [0.15, 0.2) is 0 Å². The minimum Gasteiger partial charge on any atom is -0.375 e. The fraction of sp³-hybridized carbons (Fsp3) is 0.500. The van der Waals surface area contributed by atoms with Gasteiger partial charge in [0, 0.05) is 18.0 Å². The van der Waals surface area contributed by atoms with E-state index >= 15 is 0 Å². The van der Waals surface area contributed by atoms with Crippen LogP contribution in [0.4, 0.5) is 5.13 Å². The lowest BCUT2D eigenvalue weighted by Crippen LogP contribution is -2.20. The summed E-state index contributed by atoms with van der Waals surface area (Å²) in [6.45, 7) is 2.31. The van der Waals surface area contributed by atoms with Crippen molar-refractivity contribution in [1.82, 2.24) is 9.88 Å². The van der Waals surface area contributed by atoms with E-state index in [2.05, 4.69) is 16.9 Å². The molecule has 0 bridgehead atoms. The quantitative estimate of drug-likeness (QED) is 0.813. The highest BCUT2D eigenvalue weighted by Gasteiger charge is 2.19. The maximum Gasteiger partial charge on any atom is 0.181 e. The predicted molar refractivity (Wildman–Crippen MR) is 81.3 cm³/mol. The Hall–Kier alpha value is -0.0700. The van der Waals surface area contributed by atoms with Crippen LogP contribution in [0.2, 0.25) is 0 Å². The second-order valence-corrected chi connectivity index (χ2v) is 6.11. The summed E-state index contributed by atoms with van der Waals surface area (Å²) in [7, 11) is 2.19. The average Bonchev–Trinajstić information content (AvgIpc) is 2.62. The molecule has 0 unspecified atom stereocenters. The van der Waals surface area contributed by atoms with E-state index in [1.54, 1.807) is 11.3 Å². The van der Waals surface area contributed by atoms with Crippen molar-refractivity contribution in [2.75, 3.05) is 25.9 Å². The highest BCUT2D eigenvalue weighted by molar-refractivity contribution is 7.29. The van der Waals surface area contributed by atoms with Crippen LogP contribution < -0.4 is 5.73 Å². The fourth-order valence-electron chi connectivity index (χ4n) is 2.05. The summed E-state index contributed by atoms with van der Waals surface area (Å²) in [5.41, 5.74) is 7.25. The Balaban J connectivity index is 0.000000722. The van der Waals surface area contributed by atoms with Crippen molar-refractivity contribution in [1.29, 1.82) is 0 Å². The average molecular weight is 312 g/mol. The Bertz CT molecular complexity index is 509. The topological polar surface area (TPSA) is 42.2 Å². The highest BCUT2D eigenvalue weighted by atomic mass is 35.5. The standard InChI is InChI=1S/C10H13N3S2.2ClH/c1-13-4-2-6-7(3-5-13)14-9-8(6)15-10(11)12-9;;/h2-5H2,1H3,(H2,11,12);2*1H. The van der Waals surface area contributed by atoms with E-state index in [9.17, 15) is 0 Å². The van der Waals surface area contributed by atoms with E-state index in [1.807, 2.05) is 11.3 Å². The number of hydrogen-bond acceptors (Lipinski definition) is 5. The Morgan fingerprint density at radius 2 is 1.88 bits per heavy atom. The number of nitrogens with zero attached hydrogens (tertiary/aromatic N) is 2. The van der Waals surface area contributed by atoms with Crippen molar-refractivity contribution >= 4 is 62.1 Å². The second-order valence-electron chi connectivity index (χ2n) is 3.99. The molecule has 0 aromatic carbocycles. The van der Waals surface area contributed by atoms with Gasteiger partial charge in [0.1, 0.15) is 4.83 Å². The zero-order chi connectivity index (χ0) is 10.4. The Kier molecular flexibility index (Phi) is 5.04. The number of likely N-dealkylation sites (N-methyl/N-ethyl adjacent to an activating group) is 1. The molecule has 0 fully saturated rings. The molecule has 2 N–H and O–H groups in total. The lowest BCUT2D eigenvalue weighted by molar-refractivity contribution is 0.353. The largest absolute Gasteiger partial charge is 0.375 e. The zero-order valence-corrected chi connectivity index (χ0v) is 12.7. The van der Waals surface area contributed by atoms with Crippen molar-refractivity contribution in [3.05, 3.63) is 10.4 Å². The third kappa shape index (κ3) is 2.69. The minimum absolute atomic E-state index is 0. The molecule has 96 valence electrons. The van der Waals surface area contributed by atoms with Crippen molar-refractivity contribution in [3.63, 3.8) is 0 Å². The van der Waals surface area contributed by atoms with Gasteiger partial charge in [0.05, 0.1) is 4.70 Å². The van der Waals surface area contributed by atoms with E-state index in [4.69, 9.17) is 5.73 Å². The van der Waals surface area contributed by atoms with Gasteiger partial charge in [0.2, 0.25) is 0 Å². The molecule has 0 spiro atoms. The Morgan fingerprint density at radius 3 is 2.65 bits per heavy atom. The molecule has 3 rings (SSSR count). The number of fused-ring (bicyclic) bond motifs is 3. The number of thiophene rings is 1. The van der Waals surface area contributed by atoms with Crippen LogP contribution in [0.3, 0.4) is 0 Å². The first-order chi connectivity index (χ1) is 7.24. The van der Waals surface area contributed by atoms with Crippen molar-refractivity contribution in [2.45, 2.75) is 12.8 Å². The van der Waals surface area contributed by atoms with Gasteiger partial charge in [0.15, 0.2) is 5.13 Å². The first-order valence-electron chi connectivity index (χ1n) is 5.09. The number of anilines is 1. The van der Waals surface area contributed by atoms with Gasteiger partial charge in [0.25, 0.3) is 0 Å². The molecule has 0 radical (unpaired) electrons. The predicted octanol–water partition coefficient (Wildman–Crippen LogP) is 2.81. The zero-order valence-electron chi connectivity index (χ0n) is 9.43. The molecule has 1 aliphatic heterocycles. The fourth-order valence-corrected chi connectivity index (χ4v) is 4.36. The maximum atomic E-state index is 5.74. The summed E-state index contributed by atoms with van der Waals surface area (Å²) >= 11 is 3.47. The summed E-state index contributed by atoms with van der Waals surface area (Å²) in [4.78, 5) is 9.43. The second kappa shape index (κ2) is 5.71. The number of halogens is 2. The molecule has 2 aromatic heterocycles. The molecule has 0 aliphatic carbocycles. The molecule has 0 amide bonds. The van der Waals surface area contributed by atoms with Gasteiger partial charge in [-0.2, -0.15) is 0 Å². The molecular formula is C10H15Cl2N3S2. The monoisotopic (exact) mass is 311 g/mol. The van der Waals surface area contributed by atoms with E-state index < -0.39 is 0 Å². The third-order valence-corrected chi connectivity index (χ3v) is 5.17. The molecule has 7 heteroatoms. The van der Waals surface area contributed by atoms with Crippen LogP contribution >= 0.6 is 47.5 Å². The minimum atomic E-state index is 0. The van der Waals surface area contributed by atoms with Gasteiger partial charge in [-0.3, -0.25) is 0 Å². The molecule has 0 saturated carbocycles. The van der Waals surface area contributed by atoms with Gasteiger partial charge >= 0.3 is 0 Å². The van der Waals surface area contributed by atoms with Gasteiger partial charge < -0.3 is 10.6 Å². The number of aromatic nitrogens is 1. The van der Waals surface area contributed by atoms with Gasteiger partial charge in [-0.25, -0.2) is 4.98 Å². The van der Waals surface area contributed by atoms with Gasteiger partial charge in [-0.1, -0.05) is 11.3 Å². The van der Waals surface area contributed by atoms with Crippen LogP contribution in [0.5, 0.6) is 0 Å². The molecule has 0 saturated heterocycles. The molecule has 17 heavy (non-hydrogen) atoms. The molecule has 2 aromatic rings. The molecule has 0 atom stereocenters. The molecule has 1 aliphatic rings. The number of rotatable bonds is 0. The first-order valence-corrected chi connectivity index (χ1v) is 6.72. The van der Waals surface area contributed by atoms with Crippen molar-refractivity contribution in [3.8, 4) is 0 Å². The van der Waals surface area contributed by atoms with E-state index in [0.29, 0.717) is 5.13 Å². The van der Waals surface area contributed by atoms with Crippen LogP contribution in [-0.2, 0) is 12.8 Å². The van der Waals surface area contributed by atoms with Gasteiger partial charge in [-0.15, -0.1) is 36.2 Å². The normalized spacial score (nSPS) is 15.8. The highest BCUT2D eigenvalue weighted by Crippen LogP contribution is 2.37. The number of thiazole rings is 1. The van der Waals surface area contributed by atoms with Gasteiger partial charge in [-0.05, 0) is 25.5 Å². The lowest BCUT2D eigenvalue weighted by Gasteiger charge is -2.11. The van der Waals surface area contributed by atoms with Crippen LogP contribution in [0.1, 0.15) is 10.4 Å². The number of nitrogens with two attached hydrogens (primary N) is 1. The smallest absolute Gasteiger partial charge is 0.181 e. The molecular weight excluding hydrogens is 297 g/mol. The van der Waals surface area contributed by atoms with Crippen LogP contribution in [0, 0.1) is 0 Å². The number of hydrogen-bond donors (Lipinski definition) is 1. The Labute approximate surface area is 121 Å². The summed E-state index contributed by atoms with van der Waals surface area (Å²) in [6, 6.07) is 0. The molecule has 3 nitrogen and oxygen atoms in total. The van der Waals surface area contributed by atoms with Crippen LogP contribution in [0.25, 0.3) is 9.53 Å². The summed E-state index contributed by atoms with van der Waals surface area (Å²) < 4.78 is 1.34. The summed E-state index contributed by atoms with van der Waals surface area (Å²) in [5, 5.41) is 0.705. The maximum absolute atomic E-state index is 5.74. The first kappa shape index (κ1) is 15.0. The third-order valence-electron chi connectivity index (χ3n) is 2.91. The van der Waals surface area contributed by atoms with E-state index in [0.717, 1.165) is 24.3 Å². The Morgan fingerprint density at radius 1 is 1.18 bits per heavy atom. The van der Waals surface area contributed by atoms with Crippen molar-refractivity contribution < 1.29 is 0 Å².